The second kappa shape index (κ2) is 6.84. The summed E-state index contributed by atoms with van der Waals surface area (Å²) in [6.07, 6.45) is 10.8. The van der Waals surface area contributed by atoms with E-state index in [9.17, 15) is 4.79 Å². The number of pyridine rings is 1. The maximum Gasteiger partial charge on any atom is 0.244 e. The third-order valence-electron chi connectivity index (χ3n) is 4.39. The molecule has 110 valence electrons. The summed E-state index contributed by atoms with van der Waals surface area (Å²) in [5.41, 5.74) is 6.57. The standard InChI is InChI=1S/C16H25N3O/c1-2-3-6-13-7-4-5-10-16(13,17)15(20)19-14-8-11-18-12-9-14/h8-9,11-13H,2-7,10,17H2,1H3,(H,18,19,20)/t13-,16+/m0/s1. The van der Waals surface area contributed by atoms with Gasteiger partial charge in [0, 0.05) is 18.1 Å². The number of aromatic nitrogens is 1. The van der Waals surface area contributed by atoms with Gasteiger partial charge >= 0.3 is 0 Å². The molecule has 0 saturated heterocycles. The van der Waals surface area contributed by atoms with Gasteiger partial charge in [-0.3, -0.25) is 9.78 Å². The zero-order valence-corrected chi connectivity index (χ0v) is 12.3. The summed E-state index contributed by atoms with van der Waals surface area (Å²) in [7, 11) is 0. The predicted molar refractivity (Wildman–Crippen MR) is 81.3 cm³/mol. The molecule has 1 fully saturated rings. The molecule has 1 heterocycles. The van der Waals surface area contributed by atoms with Gasteiger partial charge in [-0.25, -0.2) is 0 Å². The monoisotopic (exact) mass is 275 g/mol. The highest BCUT2D eigenvalue weighted by Gasteiger charge is 2.43. The number of carbonyl (C=O) groups is 1. The molecule has 1 aromatic rings. The van der Waals surface area contributed by atoms with Crippen LogP contribution < -0.4 is 11.1 Å². The van der Waals surface area contributed by atoms with Crippen LogP contribution >= 0.6 is 0 Å². The van der Waals surface area contributed by atoms with Gasteiger partial charge in [0.15, 0.2) is 0 Å². The molecular formula is C16H25N3O. The number of nitrogens with one attached hydrogen (secondary N) is 1. The lowest BCUT2D eigenvalue weighted by molar-refractivity contribution is -0.124. The first-order chi connectivity index (χ1) is 9.66. The van der Waals surface area contributed by atoms with E-state index in [-0.39, 0.29) is 5.91 Å². The van der Waals surface area contributed by atoms with E-state index in [4.69, 9.17) is 5.73 Å². The van der Waals surface area contributed by atoms with Gasteiger partial charge in [0.2, 0.25) is 5.91 Å². The van der Waals surface area contributed by atoms with Gasteiger partial charge in [0.05, 0.1) is 5.54 Å². The summed E-state index contributed by atoms with van der Waals surface area (Å²) in [6, 6.07) is 3.59. The minimum absolute atomic E-state index is 0.0375. The minimum atomic E-state index is -0.712. The molecule has 0 radical (unpaired) electrons. The second-order valence-electron chi connectivity index (χ2n) is 5.82. The first kappa shape index (κ1) is 15.0. The molecule has 4 nitrogen and oxygen atoms in total. The number of nitrogens with two attached hydrogens (primary N) is 1. The third-order valence-corrected chi connectivity index (χ3v) is 4.39. The highest BCUT2D eigenvalue weighted by atomic mass is 16.2. The molecule has 0 aromatic carbocycles. The quantitative estimate of drug-likeness (QED) is 0.867. The van der Waals surface area contributed by atoms with Gasteiger partial charge in [-0.05, 0) is 37.3 Å². The van der Waals surface area contributed by atoms with E-state index >= 15 is 0 Å². The van der Waals surface area contributed by atoms with Gasteiger partial charge in [-0.2, -0.15) is 0 Å². The maximum absolute atomic E-state index is 12.6. The highest BCUT2D eigenvalue weighted by molar-refractivity contribution is 5.98. The van der Waals surface area contributed by atoms with Crippen molar-refractivity contribution < 1.29 is 4.79 Å². The molecule has 2 atom stereocenters. The topological polar surface area (TPSA) is 68.0 Å². The molecule has 4 heteroatoms. The summed E-state index contributed by atoms with van der Waals surface area (Å²) in [5, 5.41) is 2.95. The predicted octanol–water partition coefficient (Wildman–Crippen LogP) is 3.10. The van der Waals surface area contributed by atoms with Gasteiger partial charge in [-0.1, -0.05) is 32.6 Å². The van der Waals surface area contributed by atoms with Crippen molar-refractivity contribution in [3.8, 4) is 0 Å². The van der Waals surface area contributed by atoms with Crippen LogP contribution in [0.15, 0.2) is 24.5 Å². The van der Waals surface area contributed by atoms with Gasteiger partial charge in [-0.15, -0.1) is 0 Å². The highest BCUT2D eigenvalue weighted by Crippen LogP contribution is 2.36. The molecule has 20 heavy (non-hydrogen) atoms. The van der Waals surface area contributed by atoms with Crippen molar-refractivity contribution in [1.82, 2.24) is 4.98 Å². The Morgan fingerprint density at radius 1 is 1.45 bits per heavy atom. The van der Waals surface area contributed by atoms with Crippen LogP contribution in [-0.4, -0.2) is 16.4 Å². The van der Waals surface area contributed by atoms with Gasteiger partial charge < -0.3 is 11.1 Å². The van der Waals surface area contributed by atoms with Crippen LogP contribution in [0.3, 0.4) is 0 Å². The molecule has 1 saturated carbocycles. The van der Waals surface area contributed by atoms with Crippen LogP contribution in [0.5, 0.6) is 0 Å². The number of carbonyl (C=O) groups excluding carboxylic acids is 1. The maximum atomic E-state index is 12.6. The van der Waals surface area contributed by atoms with Crippen LogP contribution in [-0.2, 0) is 4.79 Å². The number of unbranched alkanes of at least 4 members (excludes halogenated alkanes) is 1. The molecule has 0 spiro atoms. The zero-order valence-electron chi connectivity index (χ0n) is 12.3. The average molecular weight is 275 g/mol. The van der Waals surface area contributed by atoms with Crippen molar-refractivity contribution in [1.29, 1.82) is 0 Å². The first-order valence-corrected chi connectivity index (χ1v) is 7.67. The van der Waals surface area contributed by atoms with Crippen LogP contribution in [0.4, 0.5) is 5.69 Å². The van der Waals surface area contributed by atoms with Crippen molar-refractivity contribution in [2.75, 3.05) is 5.32 Å². The van der Waals surface area contributed by atoms with E-state index in [0.717, 1.165) is 44.2 Å². The van der Waals surface area contributed by atoms with E-state index in [1.807, 2.05) is 0 Å². The summed E-state index contributed by atoms with van der Waals surface area (Å²) in [5.74, 6) is 0.266. The van der Waals surface area contributed by atoms with Crippen molar-refractivity contribution in [2.24, 2.45) is 11.7 Å². The van der Waals surface area contributed by atoms with E-state index in [1.165, 1.54) is 6.42 Å². The Morgan fingerprint density at radius 2 is 2.20 bits per heavy atom. The molecule has 2 rings (SSSR count). The normalized spacial score (nSPS) is 26.2. The van der Waals surface area contributed by atoms with Crippen molar-refractivity contribution in [2.45, 2.75) is 57.4 Å². The minimum Gasteiger partial charge on any atom is -0.324 e. The molecule has 1 aliphatic carbocycles. The van der Waals surface area contributed by atoms with Crippen LogP contribution in [0.25, 0.3) is 0 Å². The fourth-order valence-corrected chi connectivity index (χ4v) is 3.10. The lowest BCUT2D eigenvalue weighted by Gasteiger charge is -2.40. The molecule has 3 N–H and O–H groups in total. The van der Waals surface area contributed by atoms with E-state index in [2.05, 4.69) is 17.2 Å². The van der Waals surface area contributed by atoms with E-state index in [0.29, 0.717) is 5.92 Å². The third kappa shape index (κ3) is 3.37. The van der Waals surface area contributed by atoms with Crippen LogP contribution in [0.1, 0.15) is 51.9 Å². The molecule has 1 amide bonds. The number of hydrogen-bond donors (Lipinski definition) is 2. The number of nitrogens with zero attached hydrogens (tertiary/aromatic N) is 1. The Morgan fingerprint density at radius 3 is 2.90 bits per heavy atom. The van der Waals surface area contributed by atoms with E-state index in [1.54, 1.807) is 24.5 Å². The molecule has 0 bridgehead atoms. The second-order valence-corrected chi connectivity index (χ2v) is 5.82. The molecule has 0 aliphatic heterocycles. The molecule has 1 aromatic heterocycles. The zero-order chi connectivity index (χ0) is 14.4. The molecular weight excluding hydrogens is 250 g/mol. The Labute approximate surface area is 121 Å². The van der Waals surface area contributed by atoms with Gasteiger partial charge in [0.1, 0.15) is 0 Å². The molecule has 1 aliphatic rings. The van der Waals surface area contributed by atoms with Crippen LogP contribution in [0.2, 0.25) is 0 Å². The largest absolute Gasteiger partial charge is 0.324 e. The summed E-state index contributed by atoms with van der Waals surface area (Å²) in [6.45, 7) is 2.18. The fourth-order valence-electron chi connectivity index (χ4n) is 3.10. The van der Waals surface area contributed by atoms with Crippen LogP contribution in [0, 0.1) is 5.92 Å². The number of anilines is 1. The Hall–Kier alpha value is -1.42. The van der Waals surface area contributed by atoms with Gasteiger partial charge in [0.25, 0.3) is 0 Å². The lowest BCUT2D eigenvalue weighted by atomic mass is 9.70. The SMILES string of the molecule is CCCC[C@H]1CCCC[C@]1(N)C(=O)Nc1ccncc1. The summed E-state index contributed by atoms with van der Waals surface area (Å²) < 4.78 is 0. The number of hydrogen-bond acceptors (Lipinski definition) is 3. The summed E-state index contributed by atoms with van der Waals surface area (Å²) in [4.78, 5) is 16.6. The Bertz CT molecular complexity index is 435. The number of amides is 1. The summed E-state index contributed by atoms with van der Waals surface area (Å²) >= 11 is 0. The van der Waals surface area contributed by atoms with Crippen molar-refractivity contribution >= 4 is 11.6 Å². The Balaban J connectivity index is 2.07. The smallest absolute Gasteiger partial charge is 0.244 e. The first-order valence-electron chi connectivity index (χ1n) is 7.67. The Kier molecular flexibility index (Phi) is 5.12. The number of rotatable bonds is 5. The van der Waals surface area contributed by atoms with Crippen molar-refractivity contribution in [3.63, 3.8) is 0 Å². The molecule has 0 unspecified atom stereocenters. The lowest BCUT2D eigenvalue weighted by Crippen LogP contribution is -2.58. The van der Waals surface area contributed by atoms with Crippen molar-refractivity contribution in [3.05, 3.63) is 24.5 Å². The average Bonchev–Trinajstić information content (AvgIpc) is 2.47. The van der Waals surface area contributed by atoms with E-state index < -0.39 is 5.54 Å². The fraction of sp³-hybridized carbons (Fsp3) is 0.625.